The molecular weight excluding hydrogens is 525 g/mol. The zero-order chi connectivity index (χ0) is 28.2. The summed E-state index contributed by atoms with van der Waals surface area (Å²) in [6, 6.07) is 16.7. The lowest BCUT2D eigenvalue weighted by Gasteiger charge is -2.18. The number of hydrogen-bond donors (Lipinski definition) is 2. The van der Waals surface area contributed by atoms with Crippen molar-refractivity contribution in [1.29, 1.82) is 0 Å². The van der Waals surface area contributed by atoms with Gasteiger partial charge in [0.05, 0.1) is 11.4 Å². The Balaban J connectivity index is 1.22. The summed E-state index contributed by atoms with van der Waals surface area (Å²) < 4.78 is 0. The normalized spacial score (nSPS) is 11.8. The largest absolute Gasteiger partial charge is 0.302 e. The van der Waals surface area contributed by atoms with Gasteiger partial charge in [0, 0.05) is 34.7 Å². The van der Waals surface area contributed by atoms with Crippen LogP contribution in [0.3, 0.4) is 0 Å². The Morgan fingerprint density at radius 3 is 1.33 bits per heavy atom. The maximum atomic E-state index is 12.4. The quantitative estimate of drug-likeness (QED) is 0.227. The van der Waals surface area contributed by atoms with Gasteiger partial charge in [-0.05, 0) is 28.4 Å². The van der Waals surface area contributed by atoms with Crippen LogP contribution in [0.2, 0.25) is 0 Å². The van der Waals surface area contributed by atoms with E-state index in [9.17, 15) is 9.59 Å². The van der Waals surface area contributed by atoms with Gasteiger partial charge in [-0.3, -0.25) is 9.59 Å². The van der Waals surface area contributed by atoms with Crippen LogP contribution in [0, 0.1) is 0 Å². The summed E-state index contributed by atoms with van der Waals surface area (Å²) in [6.45, 7) is 13.1. The van der Waals surface area contributed by atoms with E-state index in [2.05, 4.69) is 111 Å². The van der Waals surface area contributed by atoms with Gasteiger partial charge in [0.2, 0.25) is 11.8 Å². The molecule has 0 spiro atoms. The standard InChI is InChI=1S/C31H36N4O2S2/c1-30(2,3)22-14-10-20(11-15-22)24-18-38-28(32-24)34-26(36)8-7-9-27(37)35-29-33-25(19-39-29)21-12-16-23(17-13-21)31(4,5)6/h10-19H,7-9H2,1-6H3,(H,32,34,36)(H,33,35,37). The van der Waals surface area contributed by atoms with Gasteiger partial charge >= 0.3 is 0 Å². The van der Waals surface area contributed by atoms with Gasteiger partial charge in [-0.1, -0.05) is 90.1 Å². The average molecular weight is 561 g/mol. The van der Waals surface area contributed by atoms with Gasteiger partial charge in [0.15, 0.2) is 10.3 Å². The monoisotopic (exact) mass is 560 g/mol. The third-order valence-corrected chi connectivity index (χ3v) is 7.92. The first-order chi connectivity index (χ1) is 18.4. The topological polar surface area (TPSA) is 84.0 Å². The SMILES string of the molecule is CC(C)(C)c1ccc(-c2csc(NC(=O)CCCC(=O)Nc3nc(-c4ccc(C(C)(C)C)cc4)cs3)n2)cc1. The fourth-order valence-corrected chi connectivity index (χ4v) is 5.45. The maximum Gasteiger partial charge on any atom is 0.226 e. The Morgan fingerprint density at radius 1 is 0.641 bits per heavy atom. The molecule has 0 radical (unpaired) electrons. The third kappa shape index (κ3) is 7.83. The van der Waals surface area contributed by atoms with Gasteiger partial charge in [-0.2, -0.15) is 0 Å². The van der Waals surface area contributed by atoms with Gasteiger partial charge < -0.3 is 10.6 Å². The second-order valence-electron chi connectivity index (χ2n) is 11.7. The molecular formula is C31H36N4O2S2. The summed E-state index contributed by atoms with van der Waals surface area (Å²) in [6.07, 6.45) is 0.925. The number of nitrogens with one attached hydrogen (secondary N) is 2. The minimum Gasteiger partial charge on any atom is -0.302 e. The molecule has 0 saturated carbocycles. The molecule has 6 nitrogen and oxygen atoms in total. The number of rotatable bonds is 8. The van der Waals surface area contributed by atoms with Crippen molar-refractivity contribution in [2.45, 2.75) is 71.6 Å². The van der Waals surface area contributed by atoms with Crippen LogP contribution in [0.25, 0.3) is 22.5 Å². The van der Waals surface area contributed by atoms with E-state index in [1.807, 2.05) is 10.8 Å². The molecule has 0 saturated heterocycles. The molecule has 2 aromatic carbocycles. The van der Waals surface area contributed by atoms with Gasteiger partial charge in [-0.15, -0.1) is 22.7 Å². The maximum absolute atomic E-state index is 12.4. The van der Waals surface area contributed by atoms with Crippen molar-refractivity contribution in [3.63, 3.8) is 0 Å². The number of carbonyl (C=O) groups is 2. The van der Waals surface area contributed by atoms with E-state index in [0.29, 0.717) is 16.7 Å². The predicted octanol–water partition coefficient (Wildman–Crippen LogP) is 8.28. The number of nitrogens with zero attached hydrogens (tertiary/aromatic N) is 2. The lowest BCUT2D eigenvalue weighted by atomic mass is 9.86. The molecule has 0 aliphatic carbocycles. The van der Waals surface area contributed by atoms with Crippen LogP contribution in [0.4, 0.5) is 10.3 Å². The fraction of sp³-hybridized carbons (Fsp3) is 0.355. The van der Waals surface area contributed by atoms with Crippen LogP contribution in [0.15, 0.2) is 59.3 Å². The lowest BCUT2D eigenvalue weighted by molar-refractivity contribution is -0.117. The molecule has 0 bridgehead atoms. The van der Waals surface area contributed by atoms with E-state index in [4.69, 9.17) is 0 Å². The van der Waals surface area contributed by atoms with Crippen molar-refractivity contribution in [3.05, 3.63) is 70.4 Å². The van der Waals surface area contributed by atoms with Crippen LogP contribution in [-0.2, 0) is 20.4 Å². The summed E-state index contributed by atoms with van der Waals surface area (Å²) in [4.78, 5) is 33.9. The average Bonchev–Trinajstić information content (AvgIpc) is 3.53. The molecule has 8 heteroatoms. The van der Waals surface area contributed by atoms with Crippen molar-refractivity contribution in [2.75, 3.05) is 10.6 Å². The molecule has 0 aliphatic rings. The Morgan fingerprint density at radius 2 is 1.00 bits per heavy atom. The molecule has 4 aromatic rings. The molecule has 2 N–H and O–H groups in total. The number of hydrogen-bond acceptors (Lipinski definition) is 6. The number of anilines is 2. The predicted molar refractivity (Wildman–Crippen MR) is 164 cm³/mol. The summed E-state index contributed by atoms with van der Waals surface area (Å²) in [5, 5.41) is 10.7. The lowest BCUT2D eigenvalue weighted by Crippen LogP contribution is -2.14. The van der Waals surface area contributed by atoms with Gasteiger partial charge in [0.25, 0.3) is 0 Å². The van der Waals surface area contributed by atoms with Crippen LogP contribution >= 0.6 is 22.7 Å². The molecule has 0 aliphatic heterocycles. The van der Waals surface area contributed by atoms with Crippen LogP contribution in [0.5, 0.6) is 0 Å². The summed E-state index contributed by atoms with van der Waals surface area (Å²) >= 11 is 2.79. The summed E-state index contributed by atoms with van der Waals surface area (Å²) in [5.74, 6) is -0.302. The van der Waals surface area contributed by atoms with Crippen molar-refractivity contribution in [3.8, 4) is 22.5 Å². The van der Waals surface area contributed by atoms with Gasteiger partial charge in [0.1, 0.15) is 0 Å². The molecule has 2 amide bonds. The van der Waals surface area contributed by atoms with E-state index in [0.717, 1.165) is 22.5 Å². The highest BCUT2D eigenvalue weighted by molar-refractivity contribution is 7.14. The highest BCUT2D eigenvalue weighted by Crippen LogP contribution is 2.30. The van der Waals surface area contributed by atoms with Crippen LogP contribution in [-0.4, -0.2) is 21.8 Å². The molecule has 0 unspecified atom stereocenters. The number of amides is 2. The van der Waals surface area contributed by atoms with Gasteiger partial charge in [-0.25, -0.2) is 9.97 Å². The Hall–Kier alpha value is -3.36. The van der Waals surface area contributed by atoms with E-state index in [1.165, 1.54) is 33.8 Å². The number of thiazole rings is 2. The van der Waals surface area contributed by atoms with E-state index in [1.54, 1.807) is 0 Å². The summed E-state index contributed by atoms with van der Waals surface area (Å²) in [7, 11) is 0. The van der Waals surface area contributed by atoms with E-state index in [-0.39, 0.29) is 35.5 Å². The van der Waals surface area contributed by atoms with Crippen molar-refractivity contribution in [1.82, 2.24) is 9.97 Å². The Bertz CT molecular complexity index is 1310. The number of aromatic nitrogens is 2. The molecule has 4 rings (SSSR count). The number of benzene rings is 2. The van der Waals surface area contributed by atoms with E-state index < -0.39 is 0 Å². The van der Waals surface area contributed by atoms with Crippen LogP contribution in [0.1, 0.15) is 71.9 Å². The highest BCUT2D eigenvalue weighted by Gasteiger charge is 2.16. The summed E-state index contributed by atoms with van der Waals surface area (Å²) in [5.41, 5.74) is 6.43. The molecule has 0 fully saturated rings. The highest BCUT2D eigenvalue weighted by atomic mass is 32.1. The third-order valence-electron chi connectivity index (χ3n) is 6.40. The molecule has 204 valence electrons. The fourth-order valence-electron chi connectivity index (χ4n) is 3.98. The van der Waals surface area contributed by atoms with E-state index >= 15 is 0 Å². The first-order valence-electron chi connectivity index (χ1n) is 13.1. The van der Waals surface area contributed by atoms with Crippen molar-refractivity contribution >= 4 is 44.8 Å². The van der Waals surface area contributed by atoms with Crippen molar-refractivity contribution in [2.24, 2.45) is 0 Å². The van der Waals surface area contributed by atoms with Crippen LogP contribution < -0.4 is 10.6 Å². The smallest absolute Gasteiger partial charge is 0.226 e. The Labute approximate surface area is 238 Å². The molecule has 0 atom stereocenters. The Kier molecular flexibility index (Phi) is 8.67. The minimum absolute atomic E-state index is 0.0960. The zero-order valence-electron chi connectivity index (χ0n) is 23.4. The zero-order valence-corrected chi connectivity index (χ0v) is 25.1. The minimum atomic E-state index is -0.151. The molecule has 2 heterocycles. The van der Waals surface area contributed by atoms with Crippen molar-refractivity contribution < 1.29 is 9.59 Å². The first kappa shape index (κ1) is 28.6. The molecule has 39 heavy (non-hydrogen) atoms. The second-order valence-corrected chi connectivity index (χ2v) is 13.4. The number of carbonyl (C=O) groups excluding carboxylic acids is 2. The molecule has 2 aromatic heterocycles. The first-order valence-corrected chi connectivity index (χ1v) is 14.9. The second kappa shape index (κ2) is 11.8.